The van der Waals surface area contributed by atoms with E-state index >= 15 is 0 Å². The maximum Gasteiger partial charge on any atom is 0.320 e. The molecule has 0 saturated carbocycles. The molecule has 1 saturated heterocycles. The molecule has 1 fully saturated rings. The topological polar surface area (TPSA) is 37.3 Å². The fourth-order valence-electron chi connectivity index (χ4n) is 2.03. The highest BCUT2D eigenvalue weighted by Crippen LogP contribution is 2.41. The monoisotopic (exact) mass is 240 g/mol. The van der Waals surface area contributed by atoms with E-state index in [1.165, 1.54) is 17.8 Å². The molecule has 2 rings (SSSR count). The lowest BCUT2D eigenvalue weighted by molar-refractivity contribution is -0.139. The van der Waals surface area contributed by atoms with E-state index in [-0.39, 0.29) is 12.2 Å². The molecule has 0 aliphatic carbocycles. The van der Waals surface area contributed by atoms with E-state index in [0.717, 1.165) is 12.2 Å². The Kier molecular flexibility index (Phi) is 3.19. The number of thioether (sulfide) groups is 1. The van der Waals surface area contributed by atoms with Gasteiger partial charge in [-0.05, 0) is 30.2 Å². The van der Waals surface area contributed by atoms with Gasteiger partial charge >= 0.3 is 5.97 Å². The Morgan fingerprint density at radius 3 is 2.81 bits per heavy atom. The van der Waals surface area contributed by atoms with Crippen molar-refractivity contribution in [3.8, 4) is 0 Å². The Morgan fingerprint density at radius 2 is 2.25 bits per heavy atom. The zero-order valence-corrected chi connectivity index (χ0v) is 9.60. The molecule has 1 N–H and O–H groups in total. The molecular weight excluding hydrogens is 227 g/mol. The smallest absolute Gasteiger partial charge is 0.320 e. The van der Waals surface area contributed by atoms with Crippen molar-refractivity contribution in [1.29, 1.82) is 0 Å². The molecule has 86 valence electrons. The van der Waals surface area contributed by atoms with Gasteiger partial charge in [0.1, 0.15) is 10.6 Å². The minimum absolute atomic E-state index is 0.277. The van der Waals surface area contributed by atoms with Crippen LogP contribution in [0.15, 0.2) is 24.3 Å². The highest BCUT2D eigenvalue weighted by atomic mass is 32.2. The number of rotatable bonds is 3. The number of carboxylic acids is 1. The molecule has 1 aliphatic rings. The lowest BCUT2D eigenvalue weighted by atomic mass is 9.94. The third kappa shape index (κ3) is 2.07. The molecule has 1 heterocycles. The van der Waals surface area contributed by atoms with Gasteiger partial charge in [-0.3, -0.25) is 4.79 Å². The summed E-state index contributed by atoms with van der Waals surface area (Å²) in [5.41, 5.74) is 0.499. The number of carboxylic acid groups (broad SMARTS) is 1. The Labute approximate surface area is 97.9 Å². The van der Waals surface area contributed by atoms with Crippen LogP contribution in [-0.4, -0.2) is 21.6 Å². The fraction of sp³-hybridized carbons (Fsp3) is 0.417. The lowest BCUT2D eigenvalue weighted by Crippen LogP contribution is -2.35. The third-order valence-electron chi connectivity index (χ3n) is 2.93. The largest absolute Gasteiger partial charge is 0.480 e. The molecule has 1 aromatic rings. The van der Waals surface area contributed by atoms with Crippen molar-refractivity contribution >= 4 is 17.7 Å². The first-order valence-corrected chi connectivity index (χ1v) is 6.23. The predicted octanol–water partition coefficient (Wildman–Crippen LogP) is 2.72. The summed E-state index contributed by atoms with van der Waals surface area (Å²) >= 11 is 1.44. The molecule has 0 bridgehead atoms. The van der Waals surface area contributed by atoms with Crippen LogP contribution in [0.25, 0.3) is 0 Å². The van der Waals surface area contributed by atoms with Crippen LogP contribution in [0, 0.1) is 5.82 Å². The van der Waals surface area contributed by atoms with Crippen LogP contribution in [0.3, 0.4) is 0 Å². The molecule has 1 atom stereocenters. The molecule has 0 aromatic heterocycles. The summed E-state index contributed by atoms with van der Waals surface area (Å²) in [6.45, 7) is 0. The number of halogens is 1. The van der Waals surface area contributed by atoms with Crippen molar-refractivity contribution < 1.29 is 14.3 Å². The lowest BCUT2D eigenvalue weighted by Gasteiger charge is -2.23. The zero-order valence-electron chi connectivity index (χ0n) is 8.78. The Balaban J connectivity index is 2.25. The van der Waals surface area contributed by atoms with Gasteiger partial charge in [0.05, 0.1) is 0 Å². The minimum Gasteiger partial charge on any atom is -0.480 e. The first-order valence-electron chi connectivity index (χ1n) is 5.25. The number of benzene rings is 1. The first kappa shape index (κ1) is 11.5. The summed E-state index contributed by atoms with van der Waals surface area (Å²) < 4.78 is 12.7. The summed E-state index contributed by atoms with van der Waals surface area (Å²) in [6.07, 6.45) is 1.80. The Bertz CT molecular complexity index is 400. The first-order chi connectivity index (χ1) is 7.64. The van der Waals surface area contributed by atoms with Crippen molar-refractivity contribution in [1.82, 2.24) is 0 Å². The van der Waals surface area contributed by atoms with Gasteiger partial charge in [0.25, 0.3) is 0 Å². The summed E-state index contributed by atoms with van der Waals surface area (Å²) in [4.78, 5) is 11.3. The van der Waals surface area contributed by atoms with Gasteiger partial charge in [-0.25, -0.2) is 4.39 Å². The third-order valence-corrected chi connectivity index (χ3v) is 4.50. The molecule has 4 heteroatoms. The molecule has 1 unspecified atom stereocenters. The van der Waals surface area contributed by atoms with Crippen molar-refractivity contribution in [3.05, 3.63) is 35.6 Å². The molecule has 1 aliphatic heterocycles. The van der Waals surface area contributed by atoms with Gasteiger partial charge in [0, 0.05) is 6.42 Å². The molecule has 0 spiro atoms. The van der Waals surface area contributed by atoms with E-state index in [0.29, 0.717) is 12.0 Å². The summed E-state index contributed by atoms with van der Waals surface area (Å²) in [7, 11) is 0. The SMILES string of the molecule is O=C(O)C1(Cc2ccccc2F)CCCS1. The van der Waals surface area contributed by atoms with Gasteiger partial charge in [-0.1, -0.05) is 18.2 Å². The predicted molar refractivity (Wildman–Crippen MR) is 62.2 cm³/mol. The number of carbonyl (C=O) groups is 1. The number of hydrogen-bond acceptors (Lipinski definition) is 2. The van der Waals surface area contributed by atoms with Crippen LogP contribution >= 0.6 is 11.8 Å². The van der Waals surface area contributed by atoms with E-state index in [4.69, 9.17) is 0 Å². The molecular formula is C12H13FO2S. The van der Waals surface area contributed by atoms with Crippen molar-refractivity contribution in [2.75, 3.05) is 5.75 Å². The van der Waals surface area contributed by atoms with Gasteiger partial charge in [-0.2, -0.15) is 0 Å². The van der Waals surface area contributed by atoms with Crippen molar-refractivity contribution in [3.63, 3.8) is 0 Å². The molecule has 0 radical (unpaired) electrons. The van der Waals surface area contributed by atoms with Crippen molar-refractivity contribution in [2.24, 2.45) is 0 Å². The van der Waals surface area contributed by atoms with Crippen LogP contribution in [0.1, 0.15) is 18.4 Å². The summed E-state index contributed by atoms with van der Waals surface area (Å²) in [5, 5.41) is 9.27. The highest BCUT2D eigenvalue weighted by Gasteiger charge is 2.42. The van der Waals surface area contributed by atoms with E-state index in [9.17, 15) is 14.3 Å². The van der Waals surface area contributed by atoms with Crippen LogP contribution in [-0.2, 0) is 11.2 Å². The maximum absolute atomic E-state index is 13.5. The van der Waals surface area contributed by atoms with Gasteiger partial charge in [-0.15, -0.1) is 11.8 Å². The normalized spacial score (nSPS) is 24.6. The molecule has 1 aromatic carbocycles. The second-order valence-corrected chi connectivity index (χ2v) is 5.50. The molecule has 16 heavy (non-hydrogen) atoms. The minimum atomic E-state index is -0.821. The highest BCUT2D eigenvalue weighted by molar-refractivity contribution is 8.01. The summed E-state index contributed by atoms with van der Waals surface area (Å²) in [5.74, 6) is -0.283. The van der Waals surface area contributed by atoms with E-state index in [2.05, 4.69) is 0 Å². The fourth-order valence-corrected chi connectivity index (χ4v) is 3.38. The molecule has 0 amide bonds. The van der Waals surface area contributed by atoms with Gasteiger partial charge in [0.15, 0.2) is 0 Å². The standard InChI is InChI=1S/C12H13FO2S/c13-10-5-2-1-4-9(10)8-12(11(14)15)6-3-7-16-12/h1-2,4-5H,3,6-8H2,(H,14,15). The average Bonchev–Trinajstić information content (AvgIpc) is 2.71. The average molecular weight is 240 g/mol. The number of hydrogen-bond donors (Lipinski definition) is 1. The quantitative estimate of drug-likeness (QED) is 0.882. The zero-order chi connectivity index (χ0) is 11.6. The van der Waals surface area contributed by atoms with Crippen LogP contribution < -0.4 is 0 Å². The van der Waals surface area contributed by atoms with Gasteiger partial charge < -0.3 is 5.11 Å². The van der Waals surface area contributed by atoms with E-state index < -0.39 is 10.7 Å². The Hall–Kier alpha value is -1.03. The second-order valence-electron chi connectivity index (χ2n) is 4.02. The van der Waals surface area contributed by atoms with E-state index in [1.807, 2.05) is 0 Å². The maximum atomic E-state index is 13.5. The van der Waals surface area contributed by atoms with E-state index in [1.54, 1.807) is 18.2 Å². The van der Waals surface area contributed by atoms with Crippen LogP contribution in [0.2, 0.25) is 0 Å². The summed E-state index contributed by atoms with van der Waals surface area (Å²) in [6, 6.07) is 6.41. The van der Waals surface area contributed by atoms with Crippen molar-refractivity contribution in [2.45, 2.75) is 24.0 Å². The van der Waals surface area contributed by atoms with Gasteiger partial charge in [0.2, 0.25) is 0 Å². The second kappa shape index (κ2) is 4.45. The Morgan fingerprint density at radius 1 is 1.50 bits per heavy atom. The molecule has 2 nitrogen and oxygen atoms in total. The van der Waals surface area contributed by atoms with Crippen LogP contribution in [0.5, 0.6) is 0 Å². The number of aliphatic carboxylic acids is 1. The van der Waals surface area contributed by atoms with Crippen LogP contribution in [0.4, 0.5) is 4.39 Å².